The van der Waals surface area contributed by atoms with Crippen LogP contribution < -0.4 is 5.73 Å². The van der Waals surface area contributed by atoms with E-state index in [1.54, 1.807) is 6.20 Å². The summed E-state index contributed by atoms with van der Waals surface area (Å²) in [5.74, 6) is -0.291. The molecule has 0 aliphatic rings. The van der Waals surface area contributed by atoms with E-state index in [4.69, 9.17) is 10.7 Å². The summed E-state index contributed by atoms with van der Waals surface area (Å²) in [6.45, 7) is 9.07. The molecule has 0 atom stereocenters. The van der Waals surface area contributed by atoms with E-state index in [-0.39, 0.29) is 5.91 Å². The summed E-state index contributed by atoms with van der Waals surface area (Å²) in [6, 6.07) is 2.05. The maximum absolute atomic E-state index is 10.9. The first-order valence-corrected chi connectivity index (χ1v) is 8.26. The fourth-order valence-corrected chi connectivity index (χ4v) is 3.00. The zero-order valence-corrected chi connectivity index (χ0v) is 14.6. The second kappa shape index (κ2) is 6.88. The van der Waals surface area contributed by atoms with Gasteiger partial charge in [0.25, 0.3) is 0 Å². The molecule has 0 spiro atoms. The second-order valence-electron chi connectivity index (χ2n) is 6.13. The van der Waals surface area contributed by atoms with Crippen LogP contribution in [0, 0.1) is 13.8 Å². The highest BCUT2D eigenvalue weighted by atomic mass is 16.1. The standard InChI is InChI=1S/C18H22N6O/c1-4-7-23-11-14(13(3)22-23)15-9-12(2)18-16(21-15)10-20-24(18)8-5-6-17(19)25/h4,9-11H,1,5-8H2,2-3H3,(H2,19,25). The number of hydrogen-bond donors (Lipinski definition) is 1. The van der Waals surface area contributed by atoms with Gasteiger partial charge in [-0.3, -0.25) is 14.2 Å². The molecule has 3 aromatic heterocycles. The molecule has 7 nitrogen and oxygen atoms in total. The summed E-state index contributed by atoms with van der Waals surface area (Å²) in [7, 11) is 0. The number of allylic oxidation sites excluding steroid dienone is 1. The molecule has 0 aliphatic heterocycles. The maximum Gasteiger partial charge on any atom is 0.217 e. The van der Waals surface area contributed by atoms with Crippen LogP contribution in [0.4, 0.5) is 0 Å². The Labute approximate surface area is 146 Å². The van der Waals surface area contributed by atoms with Gasteiger partial charge in [0, 0.05) is 24.7 Å². The molecule has 7 heteroatoms. The Morgan fingerprint density at radius 1 is 1.40 bits per heavy atom. The number of primary amides is 1. The van der Waals surface area contributed by atoms with Crippen molar-refractivity contribution in [2.45, 2.75) is 39.8 Å². The van der Waals surface area contributed by atoms with Crippen LogP contribution >= 0.6 is 0 Å². The number of pyridine rings is 1. The summed E-state index contributed by atoms with van der Waals surface area (Å²) < 4.78 is 3.74. The monoisotopic (exact) mass is 338 g/mol. The van der Waals surface area contributed by atoms with Gasteiger partial charge in [-0.05, 0) is 31.9 Å². The lowest BCUT2D eigenvalue weighted by Crippen LogP contribution is -2.12. The number of aryl methyl sites for hydroxylation is 3. The zero-order valence-electron chi connectivity index (χ0n) is 14.6. The van der Waals surface area contributed by atoms with Gasteiger partial charge in [-0.15, -0.1) is 6.58 Å². The summed E-state index contributed by atoms with van der Waals surface area (Å²) in [5, 5.41) is 8.90. The van der Waals surface area contributed by atoms with Crippen molar-refractivity contribution in [3.05, 3.63) is 42.4 Å². The van der Waals surface area contributed by atoms with Crippen molar-refractivity contribution < 1.29 is 4.79 Å². The first kappa shape index (κ1) is 16.9. The van der Waals surface area contributed by atoms with E-state index in [2.05, 4.69) is 22.8 Å². The summed E-state index contributed by atoms with van der Waals surface area (Å²) in [5.41, 5.74) is 10.9. The van der Waals surface area contributed by atoms with E-state index in [0.29, 0.717) is 25.9 Å². The zero-order chi connectivity index (χ0) is 18.0. The minimum atomic E-state index is -0.291. The van der Waals surface area contributed by atoms with E-state index >= 15 is 0 Å². The van der Waals surface area contributed by atoms with Crippen molar-refractivity contribution >= 4 is 16.9 Å². The fourth-order valence-electron chi connectivity index (χ4n) is 3.00. The van der Waals surface area contributed by atoms with Crippen LogP contribution in [0.15, 0.2) is 31.1 Å². The van der Waals surface area contributed by atoms with Crippen LogP contribution in [0.2, 0.25) is 0 Å². The van der Waals surface area contributed by atoms with Gasteiger partial charge >= 0.3 is 0 Å². The Morgan fingerprint density at radius 3 is 2.92 bits per heavy atom. The molecule has 1 amide bonds. The molecule has 0 saturated carbocycles. The summed E-state index contributed by atoms with van der Waals surface area (Å²) >= 11 is 0. The number of aromatic nitrogens is 5. The highest BCUT2D eigenvalue weighted by Gasteiger charge is 2.14. The van der Waals surface area contributed by atoms with Crippen LogP contribution in [0.3, 0.4) is 0 Å². The predicted molar refractivity (Wildman–Crippen MR) is 96.8 cm³/mol. The van der Waals surface area contributed by atoms with Gasteiger partial charge in [0.05, 0.1) is 29.6 Å². The molecule has 2 N–H and O–H groups in total. The Morgan fingerprint density at radius 2 is 2.20 bits per heavy atom. The van der Waals surface area contributed by atoms with Gasteiger partial charge in [-0.2, -0.15) is 10.2 Å². The normalized spacial score (nSPS) is 11.1. The lowest BCUT2D eigenvalue weighted by atomic mass is 10.1. The molecule has 0 radical (unpaired) electrons. The van der Waals surface area contributed by atoms with Crippen LogP contribution in [-0.2, 0) is 17.9 Å². The lowest BCUT2D eigenvalue weighted by Gasteiger charge is -2.07. The molecule has 0 aromatic carbocycles. The number of fused-ring (bicyclic) bond motifs is 1. The SMILES string of the molecule is C=CCn1cc(-c2cc(C)c3c(cnn3CCCC(N)=O)n2)c(C)n1. The smallest absolute Gasteiger partial charge is 0.217 e. The number of nitrogens with zero attached hydrogens (tertiary/aromatic N) is 5. The molecule has 0 unspecified atom stereocenters. The van der Waals surface area contributed by atoms with E-state index in [1.807, 2.05) is 35.5 Å². The molecule has 3 rings (SSSR count). The Bertz CT molecular complexity index is 937. The van der Waals surface area contributed by atoms with Crippen LogP contribution in [0.1, 0.15) is 24.1 Å². The van der Waals surface area contributed by atoms with Crippen molar-refractivity contribution in [1.29, 1.82) is 0 Å². The molecule has 3 heterocycles. The Hall–Kier alpha value is -2.96. The molecular formula is C18H22N6O. The van der Waals surface area contributed by atoms with E-state index < -0.39 is 0 Å². The van der Waals surface area contributed by atoms with Gasteiger partial charge < -0.3 is 5.73 Å². The van der Waals surface area contributed by atoms with Crippen LogP contribution in [0.5, 0.6) is 0 Å². The highest BCUT2D eigenvalue weighted by Crippen LogP contribution is 2.26. The topological polar surface area (TPSA) is 91.6 Å². The number of amides is 1. The molecule has 0 saturated heterocycles. The molecular weight excluding hydrogens is 316 g/mol. The minimum absolute atomic E-state index is 0.291. The van der Waals surface area contributed by atoms with Crippen LogP contribution in [-0.4, -0.2) is 30.5 Å². The molecule has 3 aromatic rings. The highest BCUT2D eigenvalue weighted by molar-refractivity contribution is 5.82. The first-order chi connectivity index (χ1) is 12.0. The largest absolute Gasteiger partial charge is 0.370 e. The van der Waals surface area contributed by atoms with E-state index in [1.165, 1.54) is 0 Å². The van der Waals surface area contributed by atoms with Gasteiger partial charge in [0.15, 0.2) is 0 Å². The average molecular weight is 338 g/mol. The number of hydrogen-bond acceptors (Lipinski definition) is 4. The van der Waals surface area contributed by atoms with Crippen molar-refractivity contribution in [3.63, 3.8) is 0 Å². The number of carbonyl (C=O) groups is 1. The van der Waals surface area contributed by atoms with E-state index in [0.717, 1.165) is 33.5 Å². The number of carbonyl (C=O) groups excluding carboxylic acids is 1. The predicted octanol–water partition coefficient (Wildman–Crippen LogP) is 2.36. The third kappa shape index (κ3) is 3.45. The lowest BCUT2D eigenvalue weighted by molar-refractivity contribution is -0.118. The summed E-state index contributed by atoms with van der Waals surface area (Å²) in [4.78, 5) is 15.7. The first-order valence-electron chi connectivity index (χ1n) is 8.26. The van der Waals surface area contributed by atoms with Gasteiger partial charge in [0.2, 0.25) is 5.91 Å². The molecule has 0 fully saturated rings. The van der Waals surface area contributed by atoms with Crippen molar-refractivity contribution in [1.82, 2.24) is 24.5 Å². The van der Waals surface area contributed by atoms with Crippen molar-refractivity contribution in [2.75, 3.05) is 0 Å². The van der Waals surface area contributed by atoms with Crippen molar-refractivity contribution in [3.8, 4) is 11.3 Å². The molecule has 130 valence electrons. The second-order valence-corrected chi connectivity index (χ2v) is 6.13. The minimum Gasteiger partial charge on any atom is -0.370 e. The average Bonchev–Trinajstić information content (AvgIpc) is 3.11. The molecule has 0 bridgehead atoms. The number of rotatable bonds is 7. The summed E-state index contributed by atoms with van der Waals surface area (Å²) in [6.07, 6.45) is 6.59. The Balaban J connectivity index is 1.95. The van der Waals surface area contributed by atoms with Gasteiger partial charge in [-0.1, -0.05) is 6.08 Å². The quantitative estimate of drug-likeness (QED) is 0.669. The molecule has 25 heavy (non-hydrogen) atoms. The third-order valence-corrected chi connectivity index (χ3v) is 4.12. The van der Waals surface area contributed by atoms with Crippen LogP contribution in [0.25, 0.3) is 22.3 Å². The Kier molecular flexibility index (Phi) is 4.65. The number of nitrogens with two attached hydrogens (primary N) is 1. The third-order valence-electron chi connectivity index (χ3n) is 4.12. The van der Waals surface area contributed by atoms with Gasteiger partial charge in [0.1, 0.15) is 5.52 Å². The van der Waals surface area contributed by atoms with Crippen molar-refractivity contribution in [2.24, 2.45) is 5.73 Å². The van der Waals surface area contributed by atoms with E-state index in [9.17, 15) is 4.79 Å². The van der Waals surface area contributed by atoms with Gasteiger partial charge in [-0.25, -0.2) is 4.98 Å². The molecule has 0 aliphatic carbocycles. The maximum atomic E-state index is 10.9. The fraction of sp³-hybridized carbons (Fsp3) is 0.333.